The predicted octanol–water partition coefficient (Wildman–Crippen LogP) is 1.02. The molecule has 2 amide bonds. The molecule has 5 nitrogen and oxygen atoms in total. The Balaban J connectivity index is 1.75. The van der Waals surface area contributed by atoms with Gasteiger partial charge in [-0.15, -0.1) is 0 Å². The summed E-state index contributed by atoms with van der Waals surface area (Å²) in [5.41, 5.74) is 0.599. The van der Waals surface area contributed by atoms with E-state index in [0.29, 0.717) is 23.7 Å². The number of hydrogen-bond acceptors (Lipinski definition) is 3. The van der Waals surface area contributed by atoms with E-state index in [2.05, 4.69) is 0 Å². The molecule has 0 unspecified atom stereocenters. The van der Waals surface area contributed by atoms with Gasteiger partial charge in [-0.3, -0.25) is 9.59 Å². The number of ether oxygens (including phenoxy) is 1. The molecule has 0 radical (unpaired) electrons. The smallest absolute Gasteiger partial charge is 0.254 e. The number of amides is 2. The summed E-state index contributed by atoms with van der Waals surface area (Å²) in [5, 5.41) is 0.602. The number of benzene rings is 1. The molecule has 20 heavy (non-hydrogen) atoms. The van der Waals surface area contributed by atoms with Crippen LogP contribution in [0.2, 0.25) is 5.02 Å². The van der Waals surface area contributed by atoms with Crippen LogP contribution in [0.5, 0.6) is 0 Å². The van der Waals surface area contributed by atoms with Crippen molar-refractivity contribution >= 4 is 23.4 Å². The molecule has 2 atom stereocenters. The zero-order valence-electron chi connectivity index (χ0n) is 11.1. The highest BCUT2D eigenvalue weighted by molar-refractivity contribution is 6.30. The van der Waals surface area contributed by atoms with Crippen LogP contribution in [0.3, 0.4) is 0 Å². The molecule has 2 saturated heterocycles. The molecule has 2 aliphatic heterocycles. The van der Waals surface area contributed by atoms with Crippen molar-refractivity contribution in [3.05, 3.63) is 34.9 Å². The van der Waals surface area contributed by atoms with E-state index in [1.54, 1.807) is 41.1 Å². The number of carbonyl (C=O) groups is 2. The highest BCUT2D eigenvalue weighted by Gasteiger charge is 2.43. The molecule has 1 aromatic rings. The van der Waals surface area contributed by atoms with Gasteiger partial charge in [-0.25, -0.2) is 0 Å². The van der Waals surface area contributed by atoms with Crippen molar-refractivity contribution in [2.24, 2.45) is 0 Å². The molecule has 1 aromatic carbocycles. The predicted molar refractivity (Wildman–Crippen MR) is 73.7 cm³/mol. The number of hydrogen-bond donors (Lipinski definition) is 0. The van der Waals surface area contributed by atoms with E-state index in [0.717, 1.165) is 0 Å². The molecule has 0 bridgehead atoms. The van der Waals surface area contributed by atoms with Crippen LogP contribution in [0.25, 0.3) is 0 Å². The summed E-state index contributed by atoms with van der Waals surface area (Å²) in [5.74, 6) is -0.0902. The quantitative estimate of drug-likeness (QED) is 0.777. The van der Waals surface area contributed by atoms with Crippen molar-refractivity contribution in [3.63, 3.8) is 0 Å². The second-order valence-corrected chi connectivity index (χ2v) is 5.57. The van der Waals surface area contributed by atoms with Gasteiger partial charge in [-0.2, -0.15) is 0 Å². The van der Waals surface area contributed by atoms with E-state index < -0.39 is 0 Å². The Labute approximate surface area is 122 Å². The molecule has 2 heterocycles. The van der Waals surface area contributed by atoms with Gasteiger partial charge in [0.15, 0.2) is 0 Å². The van der Waals surface area contributed by atoms with Crippen molar-refractivity contribution in [3.8, 4) is 0 Å². The Hall–Kier alpha value is -1.59. The molecule has 3 rings (SSSR count). The monoisotopic (exact) mass is 294 g/mol. The second kappa shape index (κ2) is 5.07. The van der Waals surface area contributed by atoms with Crippen LogP contribution in [0.4, 0.5) is 0 Å². The minimum absolute atomic E-state index is 0.0351. The van der Waals surface area contributed by atoms with E-state index in [1.165, 1.54) is 0 Å². The molecule has 0 saturated carbocycles. The van der Waals surface area contributed by atoms with Crippen molar-refractivity contribution < 1.29 is 14.3 Å². The first-order valence-electron chi connectivity index (χ1n) is 6.48. The first-order valence-corrected chi connectivity index (χ1v) is 6.86. The second-order valence-electron chi connectivity index (χ2n) is 5.14. The standard InChI is InChI=1S/C14H15ClN2O3/c1-16-11-6-17(7-12(11)20-8-13(16)18)14(19)9-2-4-10(15)5-3-9/h2-5,11-12H,6-8H2,1H3/t11-,12-/m0/s1. The van der Waals surface area contributed by atoms with Gasteiger partial charge in [0.25, 0.3) is 5.91 Å². The summed E-state index contributed by atoms with van der Waals surface area (Å²) in [6, 6.07) is 6.77. The van der Waals surface area contributed by atoms with Crippen molar-refractivity contribution in [1.29, 1.82) is 0 Å². The average Bonchev–Trinajstić information content (AvgIpc) is 2.88. The zero-order valence-corrected chi connectivity index (χ0v) is 11.8. The fraction of sp³-hybridized carbons (Fsp3) is 0.429. The van der Waals surface area contributed by atoms with E-state index in [1.807, 2.05) is 0 Å². The molecule has 2 fully saturated rings. The van der Waals surface area contributed by atoms with E-state index in [9.17, 15) is 9.59 Å². The number of likely N-dealkylation sites (tertiary alicyclic amines) is 1. The Morgan fingerprint density at radius 2 is 2.00 bits per heavy atom. The lowest BCUT2D eigenvalue weighted by Gasteiger charge is -2.33. The maximum atomic E-state index is 12.4. The minimum Gasteiger partial charge on any atom is -0.364 e. The van der Waals surface area contributed by atoms with Gasteiger partial charge in [0.1, 0.15) is 6.61 Å². The molecule has 6 heteroatoms. The lowest BCUT2D eigenvalue weighted by Crippen LogP contribution is -2.51. The van der Waals surface area contributed by atoms with Gasteiger partial charge < -0.3 is 14.5 Å². The van der Waals surface area contributed by atoms with Gasteiger partial charge in [0, 0.05) is 30.7 Å². The van der Waals surface area contributed by atoms with Gasteiger partial charge in [-0.05, 0) is 24.3 Å². The number of morpholine rings is 1. The van der Waals surface area contributed by atoms with Crippen LogP contribution >= 0.6 is 11.6 Å². The van der Waals surface area contributed by atoms with Crippen LogP contribution < -0.4 is 0 Å². The summed E-state index contributed by atoms with van der Waals surface area (Å²) in [7, 11) is 1.76. The molecule has 0 N–H and O–H groups in total. The van der Waals surface area contributed by atoms with Crippen LogP contribution in [0.15, 0.2) is 24.3 Å². The number of nitrogens with zero attached hydrogens (tertiary/aromatic N) is 2. The number of rotatable bonds is 1. The Morgan fingerprint density at radius 1 is 1.30 bits per heavy atom. The van der Waals surface area contributed by atoms with Crippen LogP contribution in [-0.2, 0) is 9.53 Å². The molecule has 106 valence electrons. The largest absolute Gasteiger partial charge is 0.364 e. The summed E-state index contributed by atoms with van der Waals surface area (Å²) in [6.45, 7) is 1.12. The lowest BCUT2D eigenvalue weighted by atomic mass is 10.1. The fourth-order valence-electron chi connectivity index (χ4n) is 2.70. The average molecular weight is 295 g/mol. The molecule has 2 aliphatic rings. The topological polar surface area (TPSA) is 49.9 Å². The highest BCUT2D eigenvalue weighted by Crippen LogP contribution is 2.24. The summed E-state index contributed by atoms with van der Waals surface area (Å²) in [4.78, 5) is 27.4. The molecular weight excluding hydrogens is 280 g/mol. The third-order valence-corrected chi connectivity index (χ3v) is 4.18. The summed E-state index contributed by atoms with van der Waals surface area (Å²) >= 11 is 5.82. The Kier molecular flexibility index (Phi) is 3.40. The number of carbonyl (C=O) groups excluding carboxylic acids is 2. The molecule has 0 spiro atoms. The SMILES string of the molecule is CN1C(=O)CO[C@H]2CN(C(=O)c3ccc(Cl)cc3)C[C@@H]21. The Bertz CT molecular complexity index is 546. The first kappa shape index (κ1) is 13.4. The Morgan fingerprint density at radius 3 is 2.70 bits per heavy atom. The molecule has 0 aromatic heterocycles. The zero-order chi connectivity index (χ0) is 14.3. The van der Waals surface area contributed by atoms with Crippen LogP contribution in [0, 0.1) is 0 Å². The maximum Gasteiger partial charge on any atom is 0.254 e. The van der Waals surface area contributed by atoms with Crippen molar-refractivity contribution in [2.75, 3.05) is 26.7 Å². The maximum absolute atomic E-state index is 12.4. The van der Waals surface area contributed by atoms with Crippen molar-refractivity contribution in [2.45, 2.75) is 12.1 Å². The summed E-state index contributed by atoms with van der Waals surface area (Å²) in [6.07, 6.45) is -0.0889. The van der Waals surface area contributed by atoms with Crippen LogP contribution in [0.1, 0.15) is 10.4 Å². The molecular formula is C14H15ClN2O3. The van der Waals surface area contributed by atoms with E-state index >= 15 is 0 Å². The van der Waals surface area contributed by atoms with Gasteiger partial charge >= 0.3 is 0 Å². The summed E-state index contributed by atoms with van der Waals surface area (Å²) < 4.78 is 5.51. The minimum atomic E-state index is -0.0889. The van der Waals surface area contributed by atoms with Gasteiger partial charge in [0.05, 0.1) is 12.1 Å². The number of likely N-dealkylation sites (N-methyl/N-ethyl adjacent to an activating group) is 1. The van der Waals surface area contributed by atoms with Gasteiger partial charge in [0.2, 0.25) is 5.91 Å². The third-order valence-electron chi connectivity index (χ3n) is 3.93. The highest BCUT2D eigenvalue weighted by atomic mass is 35.5. The van der Waals surface area contributed by atoms with E-state index in [-0.39, 0.29) is 30.6 Å². The lowest BCUT2D eigenvalue weighted by molar-refractivity contribution is -0.150. The fourth-order valence-corrected chi connectivity index (χ4v) is 2.82. The van der Waals surface area contributed by atoms with E-state index in [4.69, 9.17) is 16.3 Å². The molecule has 0 aliphatic carbocycles. The van der Waals surface area contributed by atoms with Gasteiger partial charge in [-0.1, -0.05) is 11.6 Å². The normalized spacial score (nSPS) is 25.8. The third kappa shape index (κ3) is 2.27. The number of halogens is 1. The first-order chi connectivity index (χ1) is 9.56. The number of fused-ring (bicyclic) bond motifs is 1. The van der Waals surface area contributed by atoms with Crippen LogP contribution in [-0.4, -0.2) is 60.5 Å². The van der Waals surface area contributed by atoms with Crippen molar-refractivity contribution in [1.82, 2.24) is 9.80 Å².